The molecule has 1 fully saturated rings. The second kappa shape index (κ2) is 11.2. The van der Waals surface area contributed by atoms with Crippen molar-refractivity contribution in [1.29, 1.82) is 0 Å². The van der Waals surface area contributed by atoms with Crippen LogP contribution in [0.1, 0.15) is 23.6 Å². The highest BCUT2D eigenvalue weighted by Gasteiger charge is 2.41. The van der Waals surface area contributed by atoms with Gasteiger partial charge in [-0.1, -0.05) is 91.0 Å². The van der Waals surface area contributed by atoms with Crippen molar-refractivity contribution in [2.45, 2.75) is 51.2 Å². The highest BCUT2D eigenvalue weighted by atomic mass is 16.6. The molecule has 0 bridgehead atoms. The maximum absolute atomic E-state index is 6.41. The maximum atomic E-state index is 6.41. The van der Waals surface area contributed by atoms with Crippen LogP contribution in [-0.4, -0.2) is 31.0 Å². The summed E-state index contributed by atoms with van der Waals surface area (Å²) >= 11 is 0. The summed E-state index contributed by atoms with van der Waals surface area (Å²) in [6.07, 6.45) is -0.739. The van der Waals surface area contributed by atoms with E-state index >= 15 is 0 Å². The molecule has 0 aliphatic carbocycles. The Kier molecular flexibility index (Phi) is 7.86. The van der Waals surface area contributed by atoms with Gasteiger partial charge in [0.1, 0.15) is 18.3 Å². The molecule has 0 saturated carbocycles. The van der Waals surface area contributed by atoms with E-state index in [4.69, 9.17) is 18.9 Å². The van der Waals surface area contributed by atoms with Crippen LogP contribution in [0.2, 0.25) is 0 Å². The Morgan fingerprint density at radius 3 is 1.52 bits per heavy atom. The lowest BCUT2D eigenvalue weighted by Gasteiger charge is -2.41. The number of hydrogen-bond acceptors (Lipinski definition) is 4. The topological polar surface area (TPSA) is 36.9 Å². The lowest BCUT2D eigenvalue weighted by atomic mass is 10.00. The van der Waals surface area contributed by atoms with E-state index in [0.29, 0.717) is 26.4 Å². The van der Waals surface area contributed by atoms with Gasteiger partial charge in [0.15, 0.2) is 0 Å². The molecule has 1 heterocycles. The fourth-order valence-electron chi connectivity index (χ4n) is 3.80. The van der Waals surface area contributed by atoms with E-state index < -0.39 is 0 Å². The van der Waals surface area contributed by atoms with E-state index in [1.54, 1.807) is 0 Å². The van der Waals surface area contributed by atoms with Crippen LogP contribution in [0.3, 0.4) is 0 Å². The van der Waals surface area contributed by atoms with Gasteiger partial charge >= 0.3 is 0 Å². The van der Waals surface area contributed by atoms with Gasteiger partial charge in [-0.05, 0) is 23.6 Å². The second-order valence-electron chi connectivity index (χ2n) is 7.90. The zero-order valence-electron chi connectivity index (χ0n) is 17.9. The number of rotatable bonds is 9. The normalized spacial score (nSPS) is 23.5. The molecular weight excluding hydrogens is 388 g/mol. The minimum Gasteiger partial charge on any atom is -0.373 e. The van der Waals surface area contributed by atoms with Crippen LogP contribution in [0.4, 0.5) is 0 Å². The molecule has 1 saturated heterocycles. The summed E-state index contributed by atoms with van der Waals surface area (Å²) in [4.78, 5) is 0. The summed E-state index contributed by atoms with van der Waals surface area (Å²) in [5.41, 5.74) is 3.39. The molecule has 0 amide bonds. The molecule has 1 unspecified atom stereocenters. The van der Waals surface area contributed by atoms with Gasteiger partial charge in [0.25, 0.3) is 0 Å². The summed E-state index contributed by atoms with van der Waals surface area (Å²) in [6, 6.07) is 30.6. The summed E-state index contributed by atoms with van der Waals surface area (Å²) in [5, 5.41) is 0. The van der Waals surface area contributed by atoms with E-state index in [1.807, 2.05) is 61.5 Å². The Labute approximate surface area is 184 Å². The molecule has 31 heavy (non-hydrogen) atoms. The van der Waals surface area contributed by atoms with E-state index in [2.05, 4.69) is 36.4 Å². The molecule has 4 heteroatoms. The summed E-state index contributed by atoms with van der Waals surface area (Å²) in [7, 11) is 0. The fourth-order valence-corrected chi connectivity index (χ4v) is 3.80. The van der Waals surface area contributed by atoms with Crippen LogP contribution in [-0.2, 0) is 38.8 Å². The third kappa shape index (κ3) is 6.25. The van der Waals surface area contributed by atoms with Gasteiger partial charge in [0.2, 0.25) is 0 Å². The molecule has 0 aromatic heterocycles. The summed E-state index contributed by atoms with van der Waals surface area (Å²) in [6.45, 7) is 4.06. The molecule has 162 valence electrons. The van der Waals surface area contributed by atoms with Crippen molar-refractivity contribution in [3.8, 4) is 0 Å². The van der Waals surface area contributed by atoms with Crippen LogP contribution < -0.4 is 0 Å². The molecule has 3 aromatic carbocycles. The number of ether oxygens (including phenoxy) is 4. The van der Waals surface area contributed by atoms with Crippen molar-refractivity contribution in [3.63, 3.8) is 0 Å². The Hall–Kier alpha value is -2.50. The molecule has 4 nitrogen and oxygen atoms in total. The van der Waals surface area contributed by atoms with Crippen molar-refractivity contribution in [2.24, 2.45) is 0 Å². The Morgan fingerprint density at radius 2 is 1.03 bits per heavy atom. The Balaban J connectivity index is 1.46. The predicted molar refractivity (Wildman–Crippen MR) is 120 cm³/mol. The first-order chi connectivity index (χ1) is 15.3. The molecule has 4 atom stereocenters. The van der Waals surface area contributed by atoms with Gasteiger partial charge in [-0.15, -0.1) is 0 Å². The Morgan fingerprint density at radius 1 is 0.613 bits per heavy atom. The van der Waals surface area contributed by atoms with Crippen LogP contribution >= 0.6 is 0 Å². The van der Waals surface area contributed by atoms with E-state index in [0.717, 1.165) is 16.7 Å². The molecule has 1 aliphatic heterocycles. The van der Waals surface area contributed by atoms with E-state index in [9.17, 15) is 0 Å². The van der Waals surface area contributed by atoms with Crippen molar-refractivity contribution in [1.82, 2.24) is 0 Å². The van der Waals surface area contributed by atoms with Crippen LogP contribution in [0, 0.1) is 0 Å². The standard InChI is InChI=1S/C27H30O4/c1-21-26(30-18-23-13-7-3-8-14-23)27(31-19-24-15-9-4-10-16-24)25(20-28-21)29-17-22-11-5-2-6-12-22/h2-16,21,25-27H,17-20H2,1H3/t21?,25-,26+,27+/m1/s1. The second-order valence-corrected chi connectivity index (χ2v) is 7.90. The van der Waals surface area contributed by atoms with Gasteiger partial charge < -0.3 is 18.9 Å². The molecule has 0 spiro atoms. The van der Waals surface area contributed by atoms with E-state index in [1.165, 1.54) is 0 Å². The molecule has 1 aliphatic rings. The molecule has 0 radical (unpaired) electrons. The highest BCUT2D eigenvalue weighted by Crippen LogP contribution is 2.26. The van der Waals surface area contributed by atoms with Gasteiger partial charge in [0.05, 0.1) is 32.5 Å². The van der Waals surface area contributed by atoms with Gasteiger partial charge in [-0.3, -0.25) is 0 Å². The van der Waals surface area contributed by atoms with Crippen molar-refractivity contribution in [3.05, 3.63) is 108 Å². The lowest BCUT2D eigenvalue weighted by molar-refractivity contribution is -0.234. The predicted octanol–water partition coefficient (Wildman–Crippen LogP) is 5.16. The maximum Gasteiger partial charge on any atom is 0.115 e. The number of hydrogen-bond donors (Lipinski definition) is 0. The average Bonchev–Trinajstić information content (AvgIpc) is 2.83. The Bertz CT molecular complexity index is 885. The van der Waals surface area contributed by atoms with Crippen molar-refractivity contribution in [2.75, 3.05) is 6.61 Å². The van der Waals surface area contributed by atoms with Crippen LogP contribution in [0.25, 0.3) is 0 Å². The lowest BCUT2D eigenvalue weighted by Crippen LogP contribution is -2.55. The summed E-state index contributed by atoms with van der Waals surface area (Å²) < 4.78 is 25.0. The monoisotopic (exact) mass is 418 g/mol. The van der Waals surface area contributed by atoms with Crippen LogP contribution in [0.5, 0.6) is 0 Å². The largest absolute Gasteiger partial charge is 0.373 e. The minimum absolute atomic E-state index is 0.0824. The highest BCUT2D eigenvalue weighted by molar-refractivity contribution is 5.15. The first kappa shape index (κ1) is 21.7. The first-order valence-electron chi connectivity index (χ1n) is 10.9. The first-order valence-corrected chi connectivity index (χ1v) is 10.9. The average molecular weight is 419 g/mol. The van der Waals surface area contributed by atoms with Gasteiger partial charge in [-0.2, -0.15) is 0 Å². The third-order valence-corrected chi connectivity index (χ3v) is 5.55. The molecule has 0 N–H and O–H groups in total. The van der Waals surface area contributed by atoms with Crippen molar-refractivity contribution < 1.29 is 18.9 Å². The zero-order chi connectivity index (χ0) is 21.3. The minimum atomic E-state index is -0.226. The third-order valence-electron chi connectivity index (χ3n) is 5.55. The molecule has 4 rings (SSSR count). The van der Waals surface area contributed by atoms with E-state index in [-0.39, 0.29) is 24.4 Å². The smallest absolute Gasteiger partial charge is 0.115 e. The van der Waals surface area contributed by atoms with Crippen LogP contribution in [0.15, 0.2) is 91.0 Å². The van der Waals surface area contributed by atoms with Crippen molar-refractivity contribution >= 4 is 0 Å². The fraction of sp³-hybridized carbons (Fsp3) is 0.333. The molecular formula is C27H30O4. The van der Waals surface area contributed by atoms with Gasteiger partial charge in [0, 0.05) is 0 Å². The molecule has 3 aromatic rings. The number of benzene rings is 3. The van der Waals surface area contributed by atoms with Gasteiger partial charge in [-0.25, -0.2) is 0 Å². The SMILES string of the molecule is CC1OC[C@@H](OCc2ccccc2)[C@H](OCc2ccccc2)[C@H]1OCc1ccccc1. The quantitative estimate of drug-likeness (QED) is 0.481. The zero-order valence-corrected chi connectivity index (χ0v) is 17.9. The summed E-state index contributed by atoms with van der Waals surface area (Å²) in [5.74, 6) is 0.